The Morgan fingerprint density at radius 3 is 2.12 bits per heavy atom. The summed E-state index contributed by atoms with van der Waals surface area (Å²) in [5, 5.41) is 6.85. The fourth-order valence-electron chi connectivity index (χ4n) is 4.68. The summed E-state index contributed by atoms with van der Waals surface area (Å²) in [6, 6.07) is 21.1. The van der Waals surface area contributed by atoms with E-state index in [4.69, 9.17) is 0 Å². The SMILES string of the molecule is Cc1ccc(Nc2cccc3c2C(=O)C2(C)C(=CC=CC2Nc2ccc(C)cc2)C3=O)cc1. The van der Waals surface area contributed by atoms with E-state index in [9.17, 15) is 9.59 Å². The molecule has 4 heteroatoms. The van der Waals surface area contributed by atoms with E-state index in [0.717, 1.165) is 22.5 Å². The average Bonchev–Trinajstić information content (AvgIpc) is 2.81. The van der Waals surface area contributed by atoms with E-state index in [2.05, 4.69) is 10.6 Å². The molecule has 2 unspecified atom stereocenters. The minimum Gasteiger partial charge on any atom is -0.377 e. The number of allylic oxidation sites excluding steroid dienone is 2. The Balaban J connectivity index is 1.57. The Morgan fingerprint density at radius 2 is 1.45 bits per heavy atom. The fourth-order valence-corrected chi connectivity index (χ4v) is 4.68. The first-order valence-electron chi connectivity index (χ1n) is 11.2. The third-order valence-electron chi connectivity index (χ3n) is 6.70. The number of benzene rings is 3. The maximum Gasteiger partial charge on any atom is 0.190 e. The van der Waals surface area contributed by atoms with Crippen LogP contribution in [0.3, 0.4) is 0 Å². The maximum absolute atomic E-state index is 14.1. The zero-order chi connectivity index (χ0) is 23.2. The van der Waals surface area contributed by atoms with Crippen LogP contribution in [0.15, 0.2) is 90.5 Å². The van der Waals surface area contributed by atoms with Crippen LogP contribution in [0.2, 0.25) is 0 Å². The van der Waals surface area contributed by atoms with E-state index in [1.54, 1.807) is 12.1 Å². The monoisotopic (exact) mass is 434 g/mol. The van der Waals surface area contributed by atoms with Crippen LogP contribution in [-0.2, 0) is 0 Å². The molecule has 0 amide bonds. The largest absolute Gasteiger partial charge is 0.377 e. The first kappa shape index (κ1) is 21.0. The first-order chi connectivity index (χ1) is 15.9. The molecule has 2 atom stereocenters. The van der Waals surface area contributed by atoms with Crippen LogP contribution in [0.25, 0.3) is 0 Å². The summed E-state index contributed by atoms with van der Waals surface area (Å²) in [4.78, 5) is 27.7. The Hall–Kier alpha value is -3.92. The highest BCUT2D eigenvalue weighted by molar-refractivity contribution is 6.27. The van der Waals surface area contributed by atoms with Gasteiger partial charge in [-0.05, 0) is 51.1 Å². The summed E-state index contributed by atoms with van der Waals surface area (Å²) in [6.07, 6.45) is 5.62. The number of anilines is 3. The number of nitrogens with one attached hydrogen (secondary N) is 2. The number of fused-ring (bicyclic) bond motifs is 2. The Bertz CT molecular complexity index is 1320. The van der Waals surface area contributed by atoms with E-state index in [-0.39, 0.29) is 17.6 Å². The van der Waals surface area contributed by atoms with Crippen LogP contribution < -0.4 is 10.6 Å². The Kier molecular flexibility index (Phi) is 5.01. The van der Waals surface area contributed by atoms with Crippen LogP contribution in [0.1, 0.15) is 38.8 Å². The van der Waals surface area contributed by atoms with Gasteiger partial charge in [-0.15, -0.1) is 0 Å². The summed E-state index contributed by atoms with van der Waals surface area (Å²) in [5.74, 6) is -0.160. The molecule has 0 saturated carbocycles. The lowest BCUT2D eigenvalue weighted by atomic mass is 9.61. The summed E-state index contributed by atoms with van der Waals surface area (Å²) in [6.45, 7) is 5.94. The number of carbonyl (C=O) groups excluding carboxylic acids is 2. The maximum atomic E-state index is 14.1. The van der Waals surface area contributed by atoms with Gasteiger partial charge in [0.1, 0.15) is 0 Å². The van der Waals surface area contributed by atoms with Crippen LogP contribution in [0.4, 0.5) is 17.1 Å². The molecule has 0 spiro atoms. The van der Waals surface area contributed by atoms with Gasteiger partial charge in [0.25, 0.3) is 0 Å². The highest BCUT2D eigenvalue weighted by atomic mass is 16.1. The number of carbonyl (C=O) groups is 2. The molecule has 33 heavy (non-hydrogen) atoms. The topological polar surface area (TPSA) is 58.2 Å². The lowest BCUT2D eigenvalue weighted by Crippen LogP contribution is -2.50. The van der Waals surface area contributed by atoms with Crippen molar-refractivity contribution < 1.29 is 9.59 Å². The Labute approximate surface area is 194 Å². The lowest BCUT2D eigenvalue weighted by Gasteiger charge is -2.42. The van der Waals surface area contributed by atoms with Crippen molar-refractivity contribution in [1.29, 1.82) is 0 Å². The molecule has 0 fully saturated rings. The molecule has 3 aromatic rings. The molecule has 3 aromatic carbocycles. The van der Waals surface area contributed by atoms with Gasteiger partial charge in [0, 0.05) is 22.5 Å². The van der Waals surface area contributed by atoms with E-state index in [0.29, 0.717) is 22.4 Å². The van der Waals surface area contributed by atoms with Crippen molar-refractivity contribution in [2.75, 3.05) is 10.6 Å². The van der Waals surface area contributed by atoms with Crippen molar-refractivity contribution in [3.8, 4) is 0 Å². The third-order valence-corrected chi connectivity index (χ3v) is 6.70. The van der Waals surface area contributed by atoms with Gasteiger partial charge < -0.3 is 10.6 Å². The predicted molar refractivity (Wildman–Crippen MR) is 133 cm³/mol. The molecule has 2 aliphatic rings. The number of aryl methyl sites for hydroxylation is 2. The molecule has 0 aliphatic heterocycles. The third kappa shape index (κ3) is 3.48. The predicted octanol–water partition coefficient (Wildman–Crippen LogP) is 6.41. The van der Waals surface area contributed by atoms with E-state index in [1.165, 1.54) is 0 Å². The van der Waals surface area contributed by atoms with Crippen molar-refractivity contribution in [2.45, 2.75) is 26.8 Å². The molecule has 4 nitrogen and oxygen atoms in total. The molecule has 0 radical (unpaired) electrons. The van der Waals surface area contributed by atoms with Gasteiger partial charge in [0.2, 0.25) is 0 Å². The quantitative estimate of drug-likeness (QED) is 0.498. The number of ketones is 2. The summed E-state index contributed by atoms with van der Waals surface area (Å²) < 4.78 is 0. The Morgan fingerprint density at radius 1 is 0.818 bits per heavy atom. The van der Waals surface area contributed by atoms with E-state index < -0.39 is 5.41 Å². The molecule has 5 rings (SSSR count). The van der Waals surface area contributed by atoms with Gasteiger partial charge in [-0.25, -0.2) is 0 Å². The molecular weight excluding hydrogens is 408 g/mol. The lowest BCUT2D eigenvalue weighted by molar-refractivity contribution is 0.0791. The second-order valence-corrected chi connectivity index (χ2v) is 9.03. The van der Waals surface area contributed by atoms with Crippen LogP contribution in [0.5, 0.6) is 0 Å². The number of Topliss-reactive ketones (excluding diaryl/α,β-unsaturated/α-hetero) is 2. The molecule has 164 valence electrons. The van der Waals surface area contributed by atoms with E-state index >= 15 is 0 Å². The number of hydrogen-bond acceptors (Lipinski definition) is 4. The van der Waals surface area contributed by atoms with E-state index in [1.807, 2.05) is 93.6 Å². The average molecular weight is 435 g/mol. The molecule has 0 saturated heterocycles. The van der Waals surface area contributed by atoms with Crippen molar-refractivity contribution in [3.05, 3.63) is 113 Å². The van der Waals surface area contributed by atoms with Gasteiger partial charge in [-0.1, -0.05) is 65.8 Å². The van der Waals surface area contributed by atoms with Crippen LogP contribution >= 0.6 is 0 Å². The van der Waals surface area contributed by atoms with Crippen LogP contribution in [-0.4, -0.2) is 17.6 Å². The second-order valence-electron chi connectivity index (χ2n) is 9.03. The fraction of sp³-hybridized carbons (Fsp3) is 0.172. The minimum absolute atomic E-state index is 0.0625. The number of hydrogen-bond donors (Lipinski definition) is 2. The summed E-state index contributed by atoms with van der Waals surface area (Å²) in [5.41, 5.74) is 5.17. The van der Waals surface area contributed by atoms with Gasteiger partial charge in [-0.2, -0.15) is 0 Å². The zero-order valence-electron chi connectivity index (χ0n) is 19.0. The summed E-state index contributed by atoms with van der Waals surface area (Å²) >= 11 is 0. The van der Waals surface area contributed by atoms with Crippen molar-refractivity contribution in [3.63, 3.8) is 0 Å². The molecular formula is C29H26N2O2. The standard InChI is InChI=1S/C29H26N2O2/c1-18-10-14-20(15-11-18)30-24-8-4-6-22-26(24)28(33)29(3)23(27(22)32)7-5-9-25(29)31-21-16-12-19(2)13-17-21/h4-17,25,30-31H,1-3H3. The molecule has 2 N–H and O–H groups in total. The molecule has 0 aromatic heterocycles. The zero-order valence-corrected chi connectivity index (χ0v) is 19.0. The second kappa shape index (κ2) is 7.89. The van der Waals surface area contributed by atoms with Crippen LogP contribution in [0, 0.1) is 19.3 Å². The van der Waals surface area contributed by atoms with Gasteiger partial charge >= 0.3 is 0 Å². The molecule has 0 heterocycles. The van der Waals surface area contributed by atoms with Gasteiger partial charge in [0.05, 0.1) is 22.7 Å². The molecule has 2 aliphatic carbocycles. The molecule has 0 bridgehead atoms. The highest BCUT2D eigenvalue weighted by Crippen LogP contribution is 2.47. The first-order valence-corrected chi connectivity index (χ1v) is 11.2. The van der Waals surface area contributed by atoms with Crippen molar-refractivity contribution in [2.24, 2.45) is 5.41 Å². The minimum atomic E-state index is -1.02. The summed E-state index contributed by atoms with van der Waals surface area (Å²) in [7, 11) is 0. The highest BCUT2D eigenvalue weighted by Gasteiger charge is 2.52. The smallest absolute Gasteiger partial charge is 0.190 e. The van der Waals surface area contributed by atoms with Gasteiger partial charge in [0.15, 0.2) is 11.6 Å². The number of rotatable bonds is 4. The van der Waals surface area contributed by atoms with Crippen molar-refractivity contribution >= 4 is 28.6 Å². The normalized spacial score (nSPS) is 21.2. The van der Waals surface area contributed by atoms with Gasteiger partial charge in [-0.3, -0.25) is 9.59 Å². The van der Waals surface area contributed by atoms with Crippen molar-refractivity contribution in [1.82, 2.24) is 0 Å².